The maximum absolute atomic E-state index is 4.38. The van der Waals surface area contributed by atoms with Crippen LogP contribution in [0, 0.1) is 0 Å². The SMILES string of the molecule is c1cc2sccc2c(NCCc2cscn2)n1. The molecule has 0 aliphatic rings. The smallest absolute Gasteiger partial charge is 0.134 e. The van der Waals surface area contributed by atoms with Gasteiger partial charge in [-0.2, -0.15) is 0 Å². The Hall–Kier alpha value is -1.46. The molecule has 0 fully saturated rings. The summed E-state index contributed by atoms with van der Waals surface area (Å²) in [5, 5.41) is 8.76. The number of nitrogens with zero attached hydrogens (tertiary/aromatic N) is 2. The fraction of sp³-hybridized carbons (Fsp3) is 0.167. The highest BCUT2D eigenvalue weighted by atomic mass is 32.1. The highest BCUT2D eigenvalue weighted by Crippen LogP contribution is 2.25. The second kappa shape index (κ2) is 4.81. The van der Waals surface area contributed by atoms with Gasteiger partial charge in [-0.3, -0.25) is 0 Å². The highest BCUT2D eigenvalue weighted by Gasteiger charge is 2.02. The van der Waals surface area contributed by atoms with Crippen LogP contribution in [-0.4, -0.2) is 16.5 Å². The maximum atomic E-state index is 4.38. The van der Waals surface area contributed by atoms with E-state index in [9.17, 15) is 0 Å². The molecule has 0 radical (unpaired) electrons. The van der Waals surface area contributed by atoms with Crippen molar-refractivity contribution >= 4 is 38.6 Å². The van der Waals surface area contributed by atoms with Gasteiger partial charge in [-0.05, 0) is 17.5 Å². The molecule has 3 heterocycles. The zero-order valence-electron chi connectivity index (χ0n) is 9.09. The van der Waals surface area contributed by atoms with Gasteiger partial charge < -0.3 is 5.32 Å². The molecule has 1 N–H and O–H groups in total. The minimum Gasteiger partial charge on any atom is -0.369 e. The summed E-state index contributed by atoms with van der Waals surface area (Å²) in [5.74, 6) is 0.971. The lowest BCUT2D eigenvalue weighted by Gasteiger charge is -2.05. The maximum Gasteiger partial charge on any atom is 0.134 e. The largest absolute Gasteiger partial charge is 0.369 e. The van der Waals surface area contributed by atoms with E-state index < -0.39 is 0 Å². The van der Waals surface area contributed by atoms with Crippen molar-refractivity contribution < 1.29 is 0 Å². The molecular weight excluding hydrogens is 250 g/mol. The number of thiophene rings is 1. The van der Waals surface area contributed by atoms with Crippen molar-refractivity contribution in [1.29, 1.82) is 0 Å². The molecule has 0 saturated carbocycles. The number of aromatic nitrogens is 2. The molecule has 3 aromatic rings. The van der Waals surface area contributed by atoms with Crippen LogP contribution in [0.2, 0.25) is 0 Å². The van der Waals surface area contributed by atoms with E-state index in [0.717, 1.165) is 24.5 Å². The molecule has 0 aliphatic heterocycles. The third-order valence-corrected chi connectivity index (χ3v) is 4.05. The predicted molar refractivity (Wildman–Crippen MR) is 73.9 cm³/mol. The van der Waals surface area contributed by atoms with Crippen LogP contribution in [0.5, 0.6) is 0 Å². The van der Waals surface area contributed by atoms with Crippen LogP contribution in [0.15, 0.2) is 34.6 Å². The molecule has 0 unspecified atom stereocenters. The lowest BCUT2D eigenvalue weighted by molar-refractivity contribution is 0.971. The molecule has 3 nitrogen and oxygen atoms in total. The van der Waals surface area contributed by atoms with Crippen molar-refractivity contribution in [2.75, 3.05) is 11.9 Å². The van der Waals surface area contributed by atoms with E-state index in [-0.39, 0.29) is 0 Å². The topological polar surface area (TPSA) is 37.8 Å². The van der Waals surface area contributed by atoms with Gasteiger partial charge in [0.2, 0.25) is 0 Å². The first-order valence-corrected chi connectivity index (χ1v) is 7.19. The normalized spacial score (nSPS) is 10.8. The molecular formula is C12H11N3S2. The molecule has 3 rings (SSSR count). The molecule has 0 amide bonds. The summed E-state index contributed by atoms with van der Waals surface area (Å²) in [7, 11) is 0. The Bertz CT molecular complexity index is 601. The summed E-state index contributed by atoms with van der Waals surface area (Å²) in [6, 6.07) is 4.16. The van der Waals surface area contributed by atoms with Crippen molar-refractivity contribution in [2.24, 2.45) is 0 Å². The second-order valence-electron chi connectivity index (χ2n) is 3.65. The van der Waals surface area contributed by atoms with Gasteiger partial charge in [0.15, 0.2) is 0 Å². The van der Waals surface area contributed by atoms with Gasteiger partial charge in [-0.25, -0.2) is 9.97 Å². The van der Waals surface area contributed by atoms with Crippen LogP contribution >= 0.6 is 22.7 Å². The van der Waals surface area contributed by atoms with Gasteiger partial charge in [0.25, 0.3) is 0 Å². The molecule has 0 aliphatic carbocycles. The van der Waals surface area contributed by atoms with Crippen LogP contribution in [0.25, 0.3) is 10.1 Å². The Morgan fingerprint density at radius 3 is 3.12 bits per heavy atom. The number of nitrogens with one attached hydrogen (secondary N) is 1. The van der Waals surface area contributed by atoms with Crippen molar-refractivity contribution in [3.8, 4) is 0 Å². The van der Waals surface area contributed by atoms with Gasteiger partial charge in [-0.1, -0.05) is 0 Å². The van der Waals surface area contributed by atoms with E-state index in [2.05, 4.69) is 32.1 Å². The van der Waals surface area contributed by atoms with Crippen LogP contribution in [0.4, 0.5) is 5.82 Å². The summed E-state index contributed by atoms with van der Waals surface area (Å²) in [6.45, 7) is 0.867. The van der Waals surface area contributed by atoms with Crippen LogP contribution < -0.4 is 5.32 Å². The molecule has 0 bridgehead atoms. The van der Waals surface area contributed by atoms with Crippen LogP contribution in [0.3, 0.4) is 0 Å². The van der Waals surface area contributed by atoms with Crippen LogP contribution in [0.1, 0.15) is 5.69 Å². The van der Waals surface area contributed by atoms with Crippen LogP contribution in [-0.2, 0) is 6.42 Å². The molecule has 17 heavy (non-hydrogen) atoms. The Kier molecular flexibility index (Phi) is 3.02. The third-order valence-electron chi connectivity index (χ3n) is 2.54. The zero-order valence-corrected chi connectivity index (χ0v) is 10.7. The predicted octanol–water partition coefficient (Wildman–Crippen LogP) is 3.41. The molecule has 0 spiro atoms. The quantitative estimate of drug-likeness (QED) is 0.782. The number of pyridine rings is 1. The highest BCUT2D eigenvalue weighted by molar-refractivity contribution is 7.17. The van der Waals surface area contributed by atoms with Gasteiger partial charge in [0, 0.05) is 34.6 Å². The fourth-order valence-electron chi connectivity index (χ4n) is 1.71. The van der Waals surface area contributed by atoms with Gasteiger partial charge in [-0.15, -0.1) is 22.7 Å². The van der Waals surface area contributed by atoms with E-state index in [1.807, 2.05) is 17.8 Å². The summed E-state index contributed by atoms with van der Waals surface area (Å²) >= 11 is 3.38. The summed E-state index contributed by atoms with van der Waals surface area (Å²) < 4.78 is 1.27. The minimum absolute atomic E-state index is 0.867. The standard InChI is InChI=1S/C12H11N3S2/c1(9-7-16-8-15-9)4-13-12-10-3-6-17-11(10)2-5-14-12/h2-3,5-8H,1,4H2,(H,13,14). The Morgan fingerprint density at radius 2 is 2.24 bits per heavy atom. The number of rotatable bonds is 4. The average Bonchev–Trinajstić information content (AvgIpc) is 2.99. The summed E-state index contributed by atoms with van der Waals surface area (Å²) in [5.41, 5.74) is 3.01. The summed E-state index contributed by atoms with van der Waals surface area (Å²) in [4.78, 5) is 8.64. The first kappa shape index (κ1) is 10.7. The summed E-state index contributed by atoms with van der Waals surface area (Å²) in [6.07, 6.45) is 2.79. The van der Waals surface area contributed by atoms with Crippen molar-refractivity contribution in [3.05, 3.63) is 40.3 Å². The van der Waals surface area contributed by atoms with Gasteiger partial charge in [0.05, 0.1) is 11.2 Å². The Labute approximate surface area is 107 Å². The molecule has 0 saturated heterocycles. The van der Waals surface area contributed by atoms with E-state index >= 15 is 0 Å². The van der Waals surface area contributed by atoms with Crippen molar-refractivity contribution in [2.45, 2.75) is 6.42 Å². The first-order valence-electron chi connectivity index (χ1n) is 5.36. The number of hydrogen-bond acceptors (Lipinski definition) is 5. The van der Waals surface area contributed by atoms with E-state index in [4.69, 9.17) is 0 Å². The van der Waals surface area contributed by atoms with Gasteiger partial charge >= 0.3 is 0 Å². The molecule has 86 valence electrons. The molecule has 3 aromatic heterocycles. The van der Waals surface area contributed by atoms with Gasteiger partial charge in [0.1, 0.15) is 5.82 Å². The number of fused-ring (bicyclic) bond motifs is 1. The molecule has 0 atom stereocenters. The number of hydrogen-bond donors (Lipinski definition) is 1. The molecule has 0 aromatic carbocycles. The van der Waals surface area contributed by atoms with E-state index in [1.54, 1.807) is 22.7 Å². The van der Waals surface area contributed by atoms with E-state index in [0.29, 0.717) is 0 Å². The average molecular weight is 261 g/mol. The fourth-order valence-corrected chi connectivity index (χ4v) is 3.08. The first-order chi connectivity index (χ1) is 8.43. The Morgan fingerprint density at radius 1 is 1.24 bits per heavy atom. The second-order valence-corrected chi connectivity index (χ2v) is 5.31. The Balaban J connectivity index is 1.70. The number of anilines is 1. The lowest BCUT2D eigenvalue weighted by Crippen LogP contribution is -2.06. The lowest BCUT2D eigenvalue weighted by atomic mass is 10.3. The zero-order chi connectivity index (χ0) is 11.5. The minimum atomic E-state index is 0.867. The monoisotopic (exact) mass is 261 g/mol. The number of thiazole rings is 1. The van der Waals surface area contributed by atoms with Crippen molar-refractivity contribution in [1.82, 2.24) is 9.97 Å². The molecule has 5 heteroatoms. The third kappa shape index (κ3) is 2.30. The van der Waals surface area contributed by atoms with E-state index in [1.165, 1.54) is 10.1 Å². The van der Waals surface area contributed by atoms with Crippen molar-refractivity contribution in [3.63, 3.8) is 0 Å².